The number of halogens is 1. The molecular formula is C8H17IN2. The first-order valence-electron chi connectivity index (χ1n) is 4.29. The normalized spacial score (nSPS) is 32.2. The summed E-state index contributed by atoms with van der Waals surface area (Å²) in [4.78, 5) is 0. The lowest BCUT2D eigenvalue weighted by Crippen LogP contribution is -2.54. The number of alkyl halides is 1. The van der Waals surface area contributed by atoms with Crippen LogP contribution in [0.4, 0.5) is 0 Å². The van der Waals surface area contributed by atoms with Crippen LogP contribution in [0.25, 0.3) is 0 Å². The van der Waals surface area contributed by atoms with Crippen molar-refractivity contribution in [2.45, 2.75) is 24.8 Å². The van der Waals surface area contributed by atoms with Crippen LogP contribution < -0.4 is 10.6 Å². The number of rotatable bonds is 3. The van der Waals surface area contributed by atoms with E-state index in [2.05, 4.69) is 40.3 Å². The van der Waals surface area contributed by atoms with Gasteiger partial charge in [-0.15, -0.1) is 0 Å². The van der Waals surface area contributed by atoms with E-state index in [-0.39, 0.29) is 0 Å². The molecular weight excluding hydrogens is 251 g/mol. The van der Waals surface area contributed by atoms with Crippen molar-refractivity contribution >= 4 is 22.6 Å². The Morgan fingerprint density at radius 2 is 2.45 bits per heavy atom. The monoisotopic (exact) mass is 268 g/mol. The molecule has 1 atom stereocenters. The molecule has 0 spiro atoms. The molecule has 0 saturated carbocycles. The molecule has 0 aliphatic carbocycles. The third-order valence-electron chi connectivity index (χ3n) is 2.58. The molecule has 1 rings (SSSR count). The van der Waals surface area contributed by atoms with Crippen LogP contribution in [0.15, 0.2) is 0 Å². The highest BCUT2D eigenvalue weighted by atomic mass is 127. The van der Waals surface area contributed by atoms with Gasteiger partial charge in [0.25, 0.3) is 0 Å². The SMILES string of the molecule is CNC1(CCI)CCCNC1. The van der Waals surface area contributed by atoms with E-state index in [1.807, 2.05) is 0 Å². The van der Waals surface area contributed by atoms with Gasteiger partial charge in [0.05, 0.1) is 0 Å². The number of nitrogens with one attached hydrogen (secondary N) is 2. The topological polar surface area (TPSA) is 24.1 Å². The fourth-order valence-electron chi connectivity index (χ4n) is 1.70. The van der Waals surface area contributed by atoms with E-state index in [1.165, 1.54) is 30.2 Å². The summed E-state index contributed by atoms with van der Waals surface area (Å²) in [5.41, 5.74) is 0.402. The molecule has 1 heterocycles. The molecule has 3 heteroatoms. The summed E-state index contributed by atoms with van der Waals surface area (Å²) in [6, 6.07) is 0. The predicted octanol–water partition coefficient (Wildman–Crippen LogP) is 1.15. The van der Waals surface area contributed by atoms with Gasteiger partial charge in [-0.2, -0.15) is 0 Å². The van der Waals surface area contributed by atoms with Crippen molar-refractivity contribution in [2.24, 2.45) is 0 Å². The Kier molecular flexibility index (Phi) is 4.09. The van der Waals surface area contributed by atoms with Gasteiger partial charge in [-0.05, 0) is 32.9 Å². The van der Waals surface area contributed by atoms with Crippen molar-refractivity contribution in [2.75, 3.05) is 24.6 Å². The Hall–Kier alpha value is 0.650. The van der Waals surface area contributed by atoms with Gasteiger partial charge in [0.2, 0.25) is 0 Å². The molecule has 0 aromatic carbocycles. The van der Waals surface area contributed by atoms with Gasteiger partial charge >= 0.3 is 0 Å². The Morgan fingerprint density at radius 1 is 1.64 bits per heavy atom. The highest BCUT2D eigenvalue weighted by molar-refractivity contribution is 14.1. The molecule has 1 aliphatic heterocycles. The predicted molar refractivity (Wildman–Crippen MR) is 57.4 cm³/mol. The second-order valence-corrected chi connectivity index (χ2v) is 4.33. The van der Waals surface area contributed by atoms with Gasteiger partial charge in [-0.25, -0.2) is 0 Å². The van der Waals surface area contributed by atoms with E-state index < -0.39 is 0 Å². The fourth-order valence-corrected chi connectivity index (χ4v) is 2.73. The summed E-state index contributed by atoms with van der Waals surface area (Å²) in [6.45, 7) is 2.34. The van der Waals surface area contributed by atoms with Crippen LogP contribution in [-0.4, -0.2) is 30.1 Å². The molecule has 1 aliphatic rings. The van der Waals surface area contributed by atoms with Crippen LogP contribution in [0.3, 0.4) is 0 Å². The smallest absolute Gasteiger partial charge is 0.0311 e. The molecule has 11 heavy (non-hydrogen) atoms. The van der Waals surface area contributed by atoms with E-state index in [9.17, 15) is 0 Å². The molecule has 0 amide bonds. The van der Waals surface area contributed by atoms with E-state index in [1.54, 1.807) is 0 Å². The van der Waals surface area contributed by atoms with Crippen molar-refractivity contribution < 1.29 is 0 Å². The van der Waals surface area contributed by atoms with Crippen LogP contribution in [0.5, 0.6) is 0 Å². The summed E-state index contributed by atoms with van der Waals surface area (Å²) in [5, 5.41) is 6.90. The van der Waals surface area contributed by atoms with Crippen molar-refractivity contribution in [3.63, 3.8) is 0 Å². The third kappa shape index (κ3) is 2.56. The van der Waals surface area contributed by atoms with E-state index >= 15 is 0 Å². The number of hydrogen-bond donors (Lipinski definition) is 2. The second-order valence-electron chi connectivity index (χ2n) is 3.25. The maximum atomic E-state index is 3.45. The summed E-state index contributed by atoms with van der Waals surface area (Å²) in [7, 11) is 2.08. The van der Waals surface area contributed by atoms with Crippen LogP contribution in [0.2, 0.25) is 0 Å². The maximum absolute atomic E-state index is 3.45. The van der Waals surface area contributed by atoms with Gasteiger partial charge in [0.15, 0.2) is 0 Å². The van der Waals surface area contributed by atoms with Gasteiger partial charge in [-0.3, -0.25) is 0 Å². The van der Waals surface area contributed by atoms with E-state index in [0.29, 0.717) is 5.54 Å². The van der Waals surface area contributed by atoms with Crippen molar-refractivity contribution in [3.05, 3.63) is 0 Å². The number of likely N-dealkylation sites (N-methyl/N-ethyl adjacent to an activating group) is 1. The van der Waals surface area contributed by atoms with Crippen molar-refractivity contribution in [1.29, 1.82) is 0 Å². The van der Waals surface area contributed by atoms with Crippen LogP contribution in [0, 0.1) is 0 Å². The first kappa shape index (κ1) is 9.74. The Labute approximate surface area is 82.6 Å². The minimum Gasteiger partial charge on any atom is -0.315 e. The summed E-state index contributed by atoms with van der Waals surface area (Å²) >= 11 is 2.46. The van der Waals surface area contributed by atoms with Crippen LogP contribution >= 0.6 is 22.6 Å². The number of piperidine rings is 1. The molecule has 2 N–H and O–H groups in total. The van der Waals surface area contributed by atoms with Crippen LogP contribution in [0.1, 0.15) is 19.3 Å². The Morgan fingerprint density at radius 3 is 2.91 bits per heavy atom. The minimum absolute atomic E-state index is 0.402. The van der Waals surface area contributed by atoms with Gasteiger partial charge in [-0.1, -0.05) is 22.6 Å². The van der Waals surface area contributed by atoms with Crippen LogP contribution in [-0.2, 0) is 0 Å². The largest absolute Gasteiger partial charge is 0.315 e. The molecule has 0 aromatic heterocycles. The molecule has 2 nitrogen and oxygen atoms in total. The Balaban J connectivity index is 2.42. The summed E-state index contributed by atoms with van der Waals surface area (Å²) < 4.78 is 1.25. The lowest BCUT2D eigenvalue weighted by atomic mass is 9.88. The third-order valence-corrected chi connectivity index (χ3v) is 3.12. The molecule has 1 fully saturated rings. The van der Waals surface area contributed by atoms with E-state index in [4.69, 9.17) is 0 Å². The second kappa shape index (κ2) is 4.62. The summed E-state index contributed by atoms with van der Waals surface area (Å²) in [6.07, 6.45) is 3.94. The molecule has 1 saturated heterocycles. The van der Waals surface area contributed by atoms with Gasteiger partial charge in [0.1, 0.15) is 0 Å². The maximum Gasteiger partial charge on any atom is 0.0311 e. The van der Waals surface area contributed by atoms with Crippen molar-refractivity contribution in [1.82, 2.24) is 10.6 Å². The summed E-state index contributed by atoms with van der Waals surface area (Å²) in [5.74, 6) is 0. The molecule has 66 valence electrons. The zero-order chi connectivity index (χ0) is 8.16. The standard InChI is InChI=1S/C8H17IN2/c1-10-8(4-5-9)3-2-6-11-7-8/h10-11H,2-7H2,1H3. The lowest BCUT2D eigenvalue weighted by Gasteiger charge is -2.37. The fraction of sp³-hybridized carbons (Fsp3) is 1.00. The highest BCUT2D eigenvalue weighted by Gasteiger charge is 2.28. The lowest BCUT2D eigenvalue weighted by molar-refractivity contribution is 0.259. The molecule has 0 radical (unpaired) electrons. The quantitative estimate of drug-likeness (QED) is 0.592. The zero-order valence-electron chi connectivity index (χ0n) is 7.12. The molecule has 0 bridgehead atoms. The first-order valence-corrected chi connectivity index (χ1v) is 5.81. The number of hydrogen-bond acceptors (Lipinski definition) is 2. The average Bonchev–Trinajstić information content (AvgIpc) is 2.07. The zero-order valence-corrected chi connectivity index (χ0v) is 9.28. The van der Waals surface area contributed by atoms with Gasteiger partial charge < -0.3 is 10.6 Å². The first-order chi connectivity index (χ1) is 5.33. The van der Waals surface area contributed by atoms with E-state index in [0.717, 1.165) is 6.54 Å². The molecule has 0 aromatic rings. The minimum atomic E-state index is 0.402. The highest BCUT2D eigenvalue weighted by Crippen LogP contribution is 2.20. The molecule has 1 unspecified atom stereocenters. The average molecular weight is 268 g/mol. The van der Waals surface area contributed by atoms with Gasteiger partial charge in [0, 0.05) is 16.5 Å². The van der Waals surface area contributed by atoms with Crippen molar-refractivity contribution in [3.8, 4) is 0 Å². The Bertz CT molecular complexity index is 105.